The van der Waals surface area contributed by atoms with E-state index in [9.17, 15) is 4.79 Å². The van der Waals surface area contributed by atoms with Crippen molar-refractivity contribution in [2.24, 2.45) is 5.92 Å². The summed E-state index contributed by atoms with van der Waals surface area (Å²) in [6, 6.07) is 9.71. The molecular formula is C16H20N4OS. The first kappa shape index (κ1) is 16.4. The number of benzene rings is 1. The first-order valence-electron chi connectivity index (χ1n) is 7.34. The van der Waals surface area contributed by atoms with Crippen molar-refractivity contribution in [2.45, 2.75) is 26.3 Å². The summed E-state index contributed by atoms with van der Waals surface area (Å²) in [4.78, 5) is 20.0. The van der Waals surface area contributed by atoms with Crippen molar-refractivity contribution in [3.05, 3.63) is 30.1 Å². The highest BCUT2D eigenvalue weighted by molar-refractivity contribution is 8.00. The van der Waals surface area contributed by atoms with Gasteiger partial charge in [0, 0.05) is 0 Å². The lowest BCUT2D eigenvalue weighted by Crippen LogP contribution is -2.34. The van der Waals surface area contributed by atoms with Crippen molar-refractivity contribution in [1.29, 1.82) is 5.26 Å². The number of hydrogen-bond acceptors (Lipinski definition) is 4. The maximum absolute atomic E-state index is 12.1. The van der Waals surface area contributed by atoms with E-state index in [1.54, 1.807) is 0 Å². The van der Waals surface area contributed by atoms with E-state index in [-0.39, 0.29) is 17.9 Å². The highest BCUT2D eigenvalue weighted by Gasteiger charge is 2.23. The Morgan fingerprint density at radius 2 is 2.27 bits per heavy atom. The summed E-state index contributed by atoms with van der Waals surface area (Å²) in [5.41, 5.74) is 1.87. The zero-order chi connectivity index (χ0) is 15.9. The van der Waals surface area contributed by atoms with E-state index in [0.717, 1.165) is 23.3 Å². The zero-order valence-electron chi connectivity index (χ0n) is 12.8. The van der Waals surface area contributed by atoms with Crippen LogP contribution < -0.4 is 5.32 Å². The molecule has 0 saturated carbocycles. The summed E-state index contributed by atoms with van der Waals surface area (Å²) in [5.74, 6) is 1.61. The van der Waals surface area contributed by atoms with Gasteiger partial charge in [-0.05, 0) is 18.1 Å². The van der Waals surface area contributed by atoms with Crippen molar-refractivity contribution in [2.75, 3.05) is 11.5 Å². The molecule has 22 heavy (non-hydrogen) atoms. The fourth-order valence-corrected chi connectivity index (χ4v) is 2.70. The summed E-state index contributed by atoms with van der Waals surface area (Å²) in [6.07, 6.45) is 0.938. The van der Waals surface area contributed by atoms with Gasteiger partial charge in [0.2, 0.25) is 5.91 Å². The number of fused-ring (bicyclic) bond motifs is 1. The van der Waals surface area contributed by atoms with Crippen LogP contribution >= 0.6 is 11.8 Å². The third-order valence-electron chi connectivity index (χ3n) is 3.63. The van der Waals surface area contributed by atoms with E-state index in [2.05, 4.69) is 29.1 Å². The number of carbonyl (C=O) groups excluding carboxylic acids is 1. The molecule has 1 amide bonds. The predicted octanol–water partition coefficient (Wildman–Crippen LogP) is 3.02. The second-order valence-corrected chi connectivity index (χ2v) is 6.21. The molecule has 1 heterocycles. The molecule has 0 aliphatic carbocycles. The summed E-state index contributed by atoms with van der Waals surface area (Å²) in [7, 11) is 0. The number of imidazole rings is 1. The Morgan fingerprint density at radius 1 is 1.50 bits per heavy atom. The van der Waals surface area contributed by atoms with Gasteiger partial charge in [0.1, 0.15) is 5.82 Å². The molecule has 0 aliphatic rings. The van der Waals surface area contributed by atoms with Gasteiger partial charge < -0.3 is 10.3 Å². The van der Waals surface area contributed by atoms with Crippen molar-refractivity contribution in [3.63, 3.8) is 0 Å². The van der Waals surface area contributed by atoms with Crippen LogP contribution in [-0.4, -0.2) is 27.4 Å². The van der Waals surface area contributed by atoms with Crippen LogP contribution in [0.5, 0.6) is 0 Å². The molecule has 0 saturated heterocycles. The SMILES string of the molecule is CC[C@H](C)[C@@H](NC(=O)CSCC#N)c1nc2ccccc2[nH]1. The molecule has 2 N–H and O–H groups in total. The number of aromatic nitrogens is 2. The Morgan fingerprint density at radius 3 is 2.95 bits per heavy atom. The van der Waals surface area contributed by atoms with Crippen LogP contribution in [0.25, 0.3) is 11.0 Å². The number of thioether (sulfide) groups is 1. The largest absolute Gasteiger partial charge is 0.345 e. The number of hydrogen-bond donors (Lipinski definition) is 2. The number of H-pyrrole nitrogens is 1. The van der Waals surface area contributed by atoms with Crippen molar-refractivity contribution >= 4 is 28.7 Å². The van der Waals surface area contributed by atoms with E-state index in [1.807, 2.05) is 30.3 Å². The fraction of sp³-hybridized carbons (Fsp3) is 0.438. The molecular weight excluding hydrogens is 296 g/mol. The second kappa shape index (κ2) is 7.85. The zero-order valence-corrected chi connectivity index (χ0v) is 13.6. The standard InChI is InChI=1S/C16H20N4OS/c1-3-11(2)15(20-14(21)10-22-9-8-17)16-18-12-6-4-5-7-13(12)19-16/h4-7,11,15H,3,9-10H2,1-2H3,(H,18,19)(H,20,21)/t11-,15+/m0/s1. The Labute approximate surface area is 134 Å². The highest BCUT2D eigenvalue weighted by Crippen LogP contribution is 2.24. The smallest absolute Gasteiger partial charge is 0.230 e. The van der Waals surface area contributed by atoms with Crippen LogP contribution in [0, 0.1) is 17.2 Å². The number of nitriles is 1. The molecule has 0 bridgehead atoms. The summed E-state index contributed by atoms with van der Waals surface area (Å²) < 4.78 is 0. The van der Waals surface area contributed by atoms with Gasteiger partial charge in [-0.3, -0.25) is 4.79 Å². The summed E-state index contributed by atoms with van der Waals surface area (Å²) in [6.45, 7) is 4.19. The van der Waals surface area contributed by atoms with E-state index < -0.39 is 0 Å². The van der Waals surface area contributed by atoms with Crippen LogP contribution in [0.2, 0.25) is 0 Å². The third kappa shape index (κ3) is 4.01. The lowest BCUT2D eigenvalue weighted by atomic mass is 9.98. The Balaban J connectivity index is 2.15. The van der Waals surface area contributed by atoms with Gasteiger partial charge in [-0.25, -0.2) is 4.98 Å². The lowest BCUT2D eigenvalue weighted by molar-refractivity contribution is -0.119. The number of nitrogens with one attached hydrogen (secondary N) is 2. The topological polar surface area (TPSA) is 81.6 Å². The molecule has 0 unspecified atom stereocenters. The molecule has 6 heteroatoms. The number of rotatable bonds is 7. The average molecular weight is 316 g/mol. The van der Waals surface area contributed by atoms with Crippen LogP contribution in [0.1, 0.15) is 32.1 Å². The molecule has 0 fully saturated rings. The van der Waals surface area contributed by atoms with Crippen LogP contribution in [0.15, 0.2) is 24.3 Å². The minimum Gasteiger partial charge on any atom is -0.345 e. The van der Waals surface area contributed by atoms with Gasteiger partial charge in [-0.15, -0.1) is 11.8 Å². The quantitative estimate of drug-likeness (QED) is 0.769. The van der Waals surface area contributed by atoms with Gasteiger partial charge in [-0.1, -0.05) is 32.4 Å². The van der Waals surface area contributed by atoms with Gasteiger partial charge in [0.05, 0.1) is 34.7 Å². The molecule has 0 radical (unpaired) electrons. The molecule has 0 aliphatic heterocycles. The summed E-state index contributed by atoms with van der Waals surface area (Å²) >= 11 is 1.32. The van der Waals surface area contributed by atoms with Crippen molar-refractivity contribution in [1.82, 2.24) is 15.3 Å². The lowest BCUT2D eigenvalue weighted by Gasteiger charge is -2.22. The molecule has 116 valence electrons. The van der Waals surface area contributed by atoms with Gasteiger partial charge in [0.25, 0.3) is 0 Å². The van der Waals surface area contributed by atoms with Crippen LogP contribution in [-0.2, 0) is 4.79 Å². The number of nitrogens with zero attached hydrogens (tertiary/aromatic N) is 2. The van der Waals surface area contributed by atoms with Gasteiger partial charge in [-0.2, -0.15) is 5.26 Å². The highest BCUT2D eigenvalue weighted by atomic mass is 32.2. The molecule has 2 atom stereocenters. The molecule has 1 aromatic heterocycles. The minimum atomic E-state index is -0.146. The number of amides is 1. The van der Waals surface area contributed by atoms with Gasteiger partial charge >= 0.3 is 0 Å². The predicted molar refractivity (Wildman–Crippen MR) is 89.4 cm³/mol. The van der Waals surface area contributed by atoms with Crippen LogP contribution in [0.4, 0.5) is 0 Å². The molecule has 2 rings (SSSR count). The molecule has 2 aromatic rings. The Hall–Kier alpha value is -2.00. The number of para-hydroxylation sites is 2. The van der Waals surface area contributed by atoms with Crippen LogP contribution in [0.3, 0.4) is 0 Å². The van der Waals surface area contributed by atoms with Gasteiger partial charge in [0.15, 0.2) is 0 Å². The first-order chi connectivity index (χ1) is 10.7. The van der Waals surface area contributed by atoms with Crippen molar-refractivity contribution in [3.8, 4) is 6.07 Å². The monoisotopic (exact) mass is 316 g/mol. The fourth-order valence-electron chi connectivity index (χ4n) is 2.24. The number of carbonyl (C=O) groups is 1. The second-order valence-electron chi connectivity index (χ2n) is 5.22. The van der Waals surface area contributed by atoms with E-state index in [0.29, 0.717) is 11.5 Å². The molecule has 1 aromatic carbocycles. The van der Waals surface area contributed by atoms with E-state index in [4.69, 9.17) is 5.26 Å². The average Bonchev–Trinajstić information content (AvgIpc) is 2.95. The maximum Gasteiger partial charge on any atom is 0.230 e. The molecule has 5 nitrogen and oxygen atoms in total. The normalized spacial score (nSPS) is 13.5. The molecule has 0 spiro atoms. The Bertz CT molecular complexity index is 643. The number of aromatic amines is 1. The van der Waals surface area contributed by atoms with E-state index in [1.165, 1.54) is 11.8 Å². The minimum absolute atomic E-state index is 0.0639. The first-order valence-corrected chi connectivity index (χ1v) is 8.49. The summed E-state index contributed by atoms with van der Waals surface area (Å²) in [5, 5.41) is 11.6. The van der Waals surface area contributed by atoms with Crippen molar-refractivity contribution < 1.29 is 4.79 Å². The third-order valence-corrected chi connectivity index (χ3v) is 4.43. The van der Waals surface area contributed by atoms with E-state index >= 15 is 0 Å². The maximum atomic E-state index is 12.1. The Kier molecular flexibility index (Phi) is 5.84.